The molecule has 2 aromatic rings. The summed E-state index contributed by atoms with van der Waals surface area (Å²) in [7, 11) is -3.91. The SMILES string of the molecule is O=C([C@H](Cc1ccccc1)NS(=O)(=O)c1ccccc1Cl)N1CCCC1. The van der Waals surface area contributed by atoms with Crippen molar-refractivity contribution in [2.24, 2.45) is 0 Å². The highest BCUT2D eigenvalue weighted by Gasteiger charge is 2.31. The molecule has 138 valence electrons. The molecule has 0 aromatic heterocycles. The Labute approximate surface area is 159 Å². The van der Waals surface area contributed by atoms with E-state index in [4.69, 9.17) is 11.6 Å². The highest BCUT2D eigenvalue weighted by Crippen LogP contribution is 2.21. The third-order valence-corrected chi connectivity index (χ3v) is 6.39. The number of hydrogen-bond acceptors (Lipinski definition) is 3. The van der Waals surface area contributed by atoms with Gasteiger partial charge in [-0.25, -0.2) is 8.42 Å². The van der Waals surface area contributed by atoms with Gasteiger partial charge in [-0.2, -0.15) is 4.72 Å². The predicted molar refractivity (Wildman–Crippen MR) is 102 cm³/mol. The van der Waals surface area contributed by atoms with Gasteiger partial charge in [0.25, 0.3) is 0 Å². The molecule has 26 heavy (non-hydrogen) atoms. The van der Waals surface area contributed by atoms with Crippen LogP contribution in [0.25, 0.3) is 0 Å². The number of carbonyl (C=O) groups excluding carboxylic acids is 1. The second kappa shape index (κ2) is 8.20. The molecule has 1 heterocycles. The van der Waals surface area contributed by atoms with Gasteiger partial charge in [-0.3, -0.25) is 4.79 Å². The fourth-order valence-electron chi connectivity index (χ4n) is 3.10. The van der Waals surface area contributed by atoms with Crippen LogP contribution >= 0.6 is 11.6 Å². The molecule has 1 aliphatic heterocycles. The first-order chi connectivity index (χ1) is 12.5. The van der Waals surface area contributed by atoms with Gasteiger partial charge in [0.05, 0.1) is 5.02 Å². The van der Waals surface area contributed by atoms with E-state index in [-0.39, 0.29) is 15.8 Å². The van der Waals surface area contributed by atoms with Crippen molar-refractivity contribution >= 4 is 27.5 Å². The van der Waals surface area contributed by atoms with Gasteiger partial charge in [-0.05, 0) is 37.0 Å². The Hall–Kier alpha value is -1.89. The summed E-state index contributed by atoms with van der Waals surface area (Å²) < 4.78 is 28.2. The van der Waals surface area contributed by atoms with Crippen molar-refractivity contribution < 1.29 is 13.2 Å². The Kier molecular flexibility index (Phi) is 5.96. The summed E-state index contributed by atoms with van der Waals surface area (Å²) in [6.45, 7) is 1.33. The van der Waals surface area contributed by atoms with E-state index >= 15 is 0 Å². The van der Waals surface area contributed by atoms with Crippen LogP contribution in [0.4, 0.5) is 0 Å². The van der Waals surface area contributed by atoms with Crippen molar-refractivity contribution in [1.82, 2.24) is 9.62 Å². The molecular weight excluding hydrogens is 372 g/mol. The number of likely N-dealkylation sites (tertiary alicyclic amines) is 1. The van der Waals surface area contributed by atoms with Crippen LogP contribution in [-0.2, 0) is 21.2 Å². The van der Waals surface area contributed by atoms with Crippen LogP contribution in [0.1, 0.15) is 18.4 Å². The molecule has 3 rings (SSSR count). The molecule has 7 heteroatoms. The molecule has 1 fully saturated rings. The van der Waals surface area contributed by atoms with Crippen molar-refractivity contribution in [1.29, 1.82) is 0 Å². The minimum Gasteiger partial charge on any atom is -0.341 e. The molecule has 0 bridgehead atoms. The monoisotopic (exact) mass is 392 g/mol. The van der Waals surface area contributed by atoms with Crippen molar-refractivity contribution in [2.45, 2.75) is 30.2 Å². The van der Waals surface area contributed by atoms with E-state index < -0.39 is 16.1 Å². The first kappa shape index (κ1) is 18.9. The lowest BCUT2D eigenvalue weighted by molar-refractivity contribution is -0.131. The van der Waals surface area contributed by atoms with Gasteiger partial charge < -0.3 is 4.90 Å². The van der Waals surface area contributed by atoms with Gasteiger partial charge in [-0.1, -0.05) is 54.1 Å². The van der Waals surface area contributed by atoms with Gasteiger partial charge in [0.1, 0.15) is 10.9 Å². The molecule has 0 spiro atoms. The van der Waals surface area contributed by atoms with Gasteiger partial charge in [0.2, 0.25) is 15.9 Å². The van der Waals surface area contributed by atoms with Gasteiger partial charge >= 0.3 is 0 Å². The summed E-state index contributed by atoms with van der Waals surface area (Å²) in [6, 6.07) is 14.8. The Morgan fingerprint density at radius 1 is 1.04 bits per heavy atom. The number of carbonyl (C=O) groups is 1. The van der Waals surface area contributed by atoms with Crippen molar-refractivity contribution in [3.8, 4) is 0 Å². The summed E-state index contributed by atoms with van der Waals surface area (Å²) >= 11 is 6.04. The number of halogens is 1. The van der Waals surface area contributed by atoms with Crippen LogP contribution in [0.3, 0.4) is 0 Å². The lowest BCUT2D eigenvalue weighted by Crippen LogP contribution is -2.48. The zero-order chi connectivity index (χ0) is 18.6. The van der Waals surface area contributed by atoms with Crippen LogP contribution in [0.5, 0.6) is 0 Å². The van der Waals surface area contributed by atoms with E-state index in [1.54, 1.807) is 17.0 Å². The standard InChI is InChI=1S/C19H21ClN2O3S/c20-16-10-4-5-11-18(16)26(24,25)21-17(14-15-8-2-1-3-9-15)19(23)22-12-6-7-13-22/h1-5,8-11,17,21H,6-7,12-14H2/t17-/m0/s1. The number of amides is 1. The second-order valence-electron chi connectivity index (χ2n) is 6.33. The van der Waals surface area contributed by atoms with E-state index in [1.165, 1.54) is 12.1 Å². The van der Waals surface area contributed by atoms with Crippen LogP contribution in [0.2, 0.25) is 5.02 Å². The Bertz CT molecular complexity index is 865. The van der Waals surface area contributed by atoms with E-state index in [1.807, 2.05) is 30.3 Å². The smallest absolute Gasteiger partial charge is 0.242 e. The first-order valence-corrected chi connectivity index (χ1v) is 10.4. The molecule has 0 saturated carbocycles. The molecule has 0 unspecified atom stereocenters. The topological polar surface area (TPSA) is 66.5 Å². The van der Waals surface area contributed by atoms with Gasteiger partial charge in [0.15, 0.2) is 0 Å². The minimum absolute atomic E-state index is 0.0195. The van der Waals surface area contributed by atoms with Gasteiger partial charge in [-0.15, -0.1) is 0 Å². The quantitative estimate of drug-likeness (QED) is 0.822. The van der Waals surface area contributed by atoms with E-state index in [0.717, 1.165) is 18.4 Å². The lowest BCUT2D eigenvalue weighted by Gasteiger charge is -2.24. The predicted octanol–water partition coefficient (Wildman–Crippen LogP) is 2.85. The molecular formula is C19H21ClN2O3S. The molecule has 1 N–H and O–H groups in total. The first-order valence-electron chi connectivity index (χ1n) is 8.57. The normalized spacial score (nSPS) is 15.8. The molecule has 1 saturated heterocycles. The maximum Gasteiger partial charge on any atom is 0.242 e. The van der Waals surface area contributed by atoms with Crippen LogP contribution in [0.15, 0.2) is 59.5 Å². The molecule has 0 aliphatic carbocycles. The van der Waals surface area contributed by atoms with Crippen molar-refractivity contribution in [3.05, 3.63) is 65.2 Å². The highest BCUT2D eigenvalue weighted by molar-refractivity contribution is 7.89. The van der Waals surface area contributed by atoms with Crippen LogP contribution in [0, 0.1) is 0 Å². The summed E-state index contributed by atoms with van der Waals surface area (Å²) in [5, 5.41) is 0.132. The van der Waals surface area contributed by atoms with Crippen LogP contribution in [-0.4, -0.2) is 38.4 Å². The second-order valence-corrected chi connectivity index (χ2v) is 8.42. The lowest BCUT2D eigenvalue weighted by atomic mass is 10.1. The Morgan fingerprint density at radius 2 is 1.65 bits per heavy atom. The fraction of sp³-hybridized carbons (Fsp3) is 0.316. The average Bonchev–Trinajstić information content (AvgIpc) is 3.16. The number of hydrogen-bond donors (Lipinski definition) is 1. The maximum absolute atomic E-state index is 12.9. The molecule has 0 radical (unpaired) electrons. The maximum atomic E-state index is 12.9. The van der Waals surface area contributed by atoms with Crippen molar-refractivity contribution in [2.75, 3.05) is 13.1 Å². The number of sulfonamides is 1. The highest BCUT2D eigenvalue weighted by atomic mass is 35.5. The van der Waals surface area contributed by atoms with Gasteiger partial charge in [0, 0.05) is 13.1 Å². The molecule has 1 amide bonds. The number of rotatable bonds is 6. The minimum atomic E-state index is -3.91. The summed E-state index contributed by atoms with van der Waals surface area (Å²) in [6.07, 6.45) is 2.18. The fourth-order valence-corrected chi connectivity index (χ4v) is 4.81. The van der Waals surface area contributed by atoms with Crippen molar-refractivity contribution in [3.63, 3.8) is 0 Å². The molecule has 5 nitrogen and oxygen atoms in total. The van der Waals surface area contributed by atoms with E-state index in [9.17, 15) is 13.2 Å². The molecule has 2 aromatic carbocycles. The number of nitrogens with one attached hydrogen (secondary N) is 1. The Morgan fingerprint density at radius 3 is 2.31 bits per heavy atom. The average molecular weight is 393 g/mol. The zero-order valence-electron chi connectivity index (χ0n) is 14.3. The largest absolute Gasteiger partial charge is 0.341 e. The summed E-state index contributed by atoms with van der Waals surface area (Å²) in [4.78, 5) is 14.6. The third kappa shape index (κ3) is 4.44. The summed E-state index contributed by atoms with van der Waals surface area (Å²) in [5.74, 6) is -0.193. The molecule has 1 atom stereocenters. The third-order valence-electron chi connectivity index (χ3n) is 4.42. The molecule has 1 aliphatic rings. The zero-order valence-corrected chi connectivity index (χ0v) is 15.8. The van der Waals surface area contributed by atoms with Crippen LogP contribution < -0.4 is 4.72 Å². The summed E-state index contributed by atoms with van der Waals surface area (Å²) in [5.41, 5.74) is 0.895. The number of benzene rings is 2. The number of nitrogens with zero attached hydrogens (tertiary/aromatic N) is 1. The van der Waals surface area contributed by atoms with E-state index in [0.29, 0.717) is 19.5 Å². The van der Waals surface area contributed by atoms with E-state index in [2.05, 4.69) is 4.72 Å². The Balaban J connectivity index is 1.87.